The van der Waals surface area contributed by atoms with Crippen molar-refractivity contribution in [3.63, 3.8) is 0 Å². The van der Waals surface area contributed by atoms with Crippen LogP contribution in [0.4, 0.5) is 0 Å². The number of amides is 5. The van der Waals surface area contributed by atoms with Gasteiger partial charge >= 0.3 is 0 Å². The minimum absolute atomic E-state index is 0.0829. The maximum atomic E-state index is 13.7. The minimum Gasteiger partial charge on any atom is -0.370 e. The highest BCUT2D eigenvalue weighted by molar-refractivity contribution is 6.00. The van der Waals surface area contributed by atoms with Crippen LogP contribution in [0.25, 0.3) is 0 Å². The van der Waals surface area contributed by atoms with Gasteiger partial charge in [-0.25, -0.2) is 0 Å². The first-order chi connectivity index (χ1) is 18.6. The van der Waals surface area contributed by atoms with Gasteiger partial charge in [0.25, 0.3) is 0 Å². The van der Waals surface area contributed by atoms with Crippen LogP contribution in [0.15, 0.2) is 4.99 Å². The van der Waals surface area contributed by atoms with E-state index in [9.17, 15) is 24.0 Å². The standard InChI is InChI=1S/C26H48N8O5/c1-4-6-14-22(36)34(18(3)35)21(12-7-8-15-27)24(38)32-19(11-9-16-31-26(28)29)25(39)33-17-10-13-20(33)23(37)30-5-2/h19-21H,4-17,27H2,1-3H3,(H,30,37)(H,32,38)(H4,28,29,31)/t19-,20-,21-/m0/s1. The van der Waals surface area contributed by atoms with E-state index in [-0.39, 0.29) is 37.7 Å². The Hall–Kier alpha value is -3.22. The number of nitrogens with zero attached hydrogens (tertiary/aromatic N) is 3. The average Bonchev–Trinajstić information content (AvgIpc) is 3.38. The quantitative estimate of drug-likeness (QED) is 0.0918. The molecule has 0 bridgehead atoms. The van der Waals surface area contributed by atoms with Crippen LogP contribution in [0.5, 0.6) is 0 Å². The summed E-state index contributed by atoms with van der Waals surface area (Å²) >= 11 is 0. The van der Waals surface area contributed by atoms with Crippen LogP contribution in [0.3, 0.4) is 0 Å². The summed E-state index contributed by atoms with van der Waals surface area (Å²) in [5.74, 6) is -2.27. The summed E-state index contributed by atoms with van der Waals surface area (Å²) < 4.78 is 0. The Morgan fingerprint density at radius 1 is 1.05 bits per heavy atom. The molecule has 0 aromatic heterocycles. The number of carbonyl (C=O) groups excluding carboxylic acids is 5. The molecule has 0 aliphatic carbocycles. The molecule has 8 N–H and O–H groups in total. The van der Waals surface area contributed by atoms with Crippen molar-refractivity contribution in [2.75, 3.05) is 26.2 Å². The van der Waals surface area contributed by atoms with Gasteiger partial charge in [0, 0.05) is 33.0 Å². The molecule has 3 atom stereocenters. The van der Waals surface area contributed by atoms with Crippen LogP contribution in [-0.2, 0) is 24.0 Å². The molecule has 5 amide bonds. The highest BCUT2D eigenvalue weighted by Gasteiger charge is 2.39. The molecule has 39 heavy (non-hydrogen) atoms. The molecule has 1 saturated heterocycles. The zero-order valence-corrected chi connectivity index (χ0v) is 23.7. The Morgan fingerprint density at radius 2 is 1.77 bits per heavy atom. The molecule has 1 aliphatic rings. The molecule has 0 saturated carbocycles. The summed E-state index contributed by atoms with van der Waals surface area (Å²) in [5, 5.41) is 5.56. The molecule has 0 radical (unpaired) electrons. The van der Waals surface area contributed by atoms with Gasteiger partial charge in [-0.15, -0.1) is 0 Å². The zero-order chi connectivity index (χ0) is 29.4. The number of hydrogen-bond donors (Lipinski definition) is 5. The topological polar surface area (TPSA) is 206 Å². The summed E-state index contributed by atoms with van der Waals surface area (Å²) in [6, 6.07) is -2.69. The van der Waals surface area contributed by atoms with Gasteiger partial charge in [-0.05, 0) is 64.8 Å². The van der Waals surface area contributed by atoms with Gasteiger partial charge in [0.05, 0.1) is 0 Å². The predicted octanol–water partition coefficient (Wildman–Crippen LogP) is -0.285. The van der Waals surface area contributed by atoms with Crippen molar-refractivity contribution in [1.29, 1.82) is 0 Å². The summed E-state index contributed by atoms with van der Waals surface area (Å²) in [6.45, 7) is 6.47. The smallest absolute Gasteiger partial charge is 0.245 e. The van der Waals surface area contributed by atoms with E-state index < -0.39 is 41.8 Å². The molecule has 222 valence electrons. The average molecular weight is 553 g/mol. The van der Waals surface area contributed by atoms with Crippen LogP contribution in [0, 0.1) is 0 Å². The number of nitrogens with two attached hydrogens (primary N) is 3. The Kier molecular flexibility index (Phi) is 15.7. The minimum atomic E-state index is -1.08. The van der Waals surface area contributed by atoms with Crippen LogP contribution in [0.1, 0.15) is 85.0 Å². The Bertz CT molecular complexity index is 861. The number of likely N-dealkylation sites (tertiary alicyclic amines) is 1. The molecule has 13 nitrogen and oxygen atoms in total. The number of guanidine groups is 1. The van der Waals surface area contributed by atoms with E-state index in [0.717, 1.165) is 11.3 Å². The Morgan fingerprint density at radius 3 is 2.36 bits per heavy atom. The lowest BCUT2D eigenvalue weighted by molar-refractivity contribution is -0.152. The molecule has 1 aliphatic heterocycles. The van der Waals surface area contributed by atoms with E-state index >= 15 is 0 Å². The lowest BCUT2D eigenvalue weighted by Gasteiger charge is -2.32. The number of nitrogens with one attached hydrogen (secondary N) is 2. The molecular formula is C26H48N8O5. The van der Waals surface area contributed by atoms with E-state index in [1.54, 1.807) is 6.92 Å². The van der Waals surface area contributed by atoms with Gasteiger partial charge in [-0.2, -0.15) is 0 Å². The highest BCUT2D eigenvalue weighted by atomic mass is 16.2. The number of hydrogen-bond acceptors (Lipinski definition) is 7. The monoisotopic (exact) mass is 552 g/mol. The van der Waals surface area contributed by atoms with E-state index in [1.807, 2.05) is 6.92 Å². The summed E-state index contributed by atoms with van der Waals surface area (Å²) in [4.78, 5) is 71.9. The molecule has 1 heterocycles. The molecule has 13 heteroatoms. The molecule has 0 aromatic carbocycles. The Balaban J connectivity index is 3.24. The van der Waals surface area contributed by atoms with Gasteiger partial charge in [-0.3, -0.25) is 33.9 Å². The fourth-order valence-corrected chi connectivity index (χ4v) is 4.70. The molecule has 0 spiro atoms. The lowest BCUT2D eigenvalue weighted by Crippen LogP contribution is -2.58. The fraction of sp³-hybridized carbons (Fsp3) is 0.769. The summed E-state index contributed by atoms with van der Waals surface area (Å²) in [6.07, 6.45) is 4.62. The van der Waals surface area contributed by atoms with Crippen molar-refractivity contribution >= 4 is 35.5 Å². The van der Waals surface area contributed by atoms with Gasteiger partial charge in [0.15, 0.2) is 5.96 Å². The Labute approximate surface area is 231 Å². The van der Waals surface area contributed by atoms with Gasteiger partial charge in [0.1, 0.15) is 18.1 Å². The van der Waals surface area contributed by atoms with Crippen molar-refractivity contribution in [3.05, 3.63) is 0 Å². The van der Waals surface area contributed by atoms with Crippen molar-refractivity contribution in [1.82, 2.24) is 20.4 Å². The maximum absolute atomic E-state index is 13.7. The second-order valence-corrected chi connectivity index (χ2v) is 9.78. The number of aliphatic imine (C=N–C) groups is 1. The van der Waals surface area contributed by atoms with Gasteiger partial charge in [0.2, 0.25) is 29.5 Å². The number of rotatable bonds is 17. The van der Waals surface area contributed by atoms with E-state index in [0.29, 0.717) is 58.2 Å². The van der Waals surface area contributed by atoms with Crippen LogP contribution < -0.4 is 27.8 Å². The molecule has 1 fully saturated rings. The predicted molar refractivity (Wildman–Crippen MR) is 149 cm³/mol. The number of imide groups is 1. The normalized spacial score (nSPS) is 16.2. The highest BCUT2D eigenvalue weighted by Crippen LogP contribution is 2.21. The first kappa shape index (κ1) is 33.8. The SMILES string of the molecule is CCCCC(=O)N(C(C)=O)[C@@H](CCCCN)C(=O)N[C@@H](CCCN=C(N)N)C(=O)N1CCC[C@H]1C(=O)NCC. The number of carbonyl (C=O) groups is 5. The molecule has 0 unspecified atom stereocenters. The van der Waals surface area contributed by atoms with Crippen LogP contribution in [0.2, 0.25) is 0 Å². The fourth-order valence-electron chi connectivity index (χ4n) is 4.70. The van der Waals surface area contributed by atoms with Crippen LogP contribution in [-0.4, -0.2) is 89.6 Å². The van der Waals surface area contributed by atoms with Crippen molar-refractivity contribution in [3.8, 4) is 0 Å². The summed E-state index contributed by atoms with van der Waals surface area (Å²) in [5.41, 5.74) is 16.5. The third kappa shape index (κ3) is 11.2. The summed E-state index contributed by atoms with van der Waals surface area (Å²) in [7, 11) is 0. The zero-order valence-electron chi connectivity index (χ0n) is 23.7. The largest absolute Gasteiger partial charge is 0.370 e. The number of unbranched alkanes of at least 4 members (excludes halogenated alkanes) is 2. The molecular weight excluding hydrogens is 504 g/mol. The van der Waals surface area contributed by atoms with Crippen molar-refractivity contribution in [2.24, 2.45) is 22.2 Å². The first-order valence-corrected chi connectivity index (χ1v) is 14.1. The third-order valence-electron chi connectivity index (χ3n) is 6.65. The van der Waals surface area contributed by atoms with Gasteiger partial charge < -0.3 is 32.7 Å². The molecule has 1 rings (SSSR count). The number of likely N-dealkylation sites (N-methyl/N-ethyl adjacent to an activating group) is 1. The van der Waals surface area contributed by atoms with E-state index in [1.165, 1.54) is 11.8 Å². The van der Waals surface area contributed by atoms with Crippen molar-refractivity contribution in [2.45, 2.75) is 103 Å². The van der Waals surface area contributed by atoms with Crippen molar-refractivity contribution < 1.29 is 24.0 Å². The first-order valence-electron chi connectivity index (χ1n) is 14.1. The second kappa shape index (κ2) is 18.1. The second-order valence-electron chi connectivity index (χ2n) is 9.78. The lowest BCUT2D eigenvalue weighted by atomic mass is 10.0. The van der Waals surface area contributed by atoms with E-state index in [4.69, 9.17) is 17.2 Å². The third-order valence-corrected chi connectivity index (χ3v) is 6.65. The van der Waals surface area contributed by atoms with Crippen LogP contribution >= 0.6 is 0 Å². The maximum Gasteiger partial charge on any atom is 0.245 e. The van der Waals surface area contributed by atoms with E-state index in [2.05, 4.69) is 15.6 Å². The molecule has 0 aromatic rings. The van der Waals surface area contributed by atoms with Gasteiger partial charge in [-0.1, -0.05) is 13.3 Å².